The zero-order valence-corrected chi connectivity index (χ0v) is 11.1. The van der Waals surface area contributed by atoms with Crippen molar-refractivity contribution in [3.8, 4) is 5.75 Å². The van der Waals surface area contributed by atoms with Gasteiger partial charge in [-0.2, -0.15) is 0 Å². The van der Waals surface area contributed by atoms with Gasteiger partial charge in [0.1, 0.15) is 17.9 Å². The standard InChI is InChI=1S/C13H17NO5/c1-13(2,12(16)17)7-19-11(15)10-8(14)5-4-6-9(10)18-3/h4-6H,7,14H2,1-3H3,(H,16,17). The van der Waals surface area contributed by atoms with Gasteiger partial charge in [-0.25, -0.2) is 4.79 Å². The van der Waals surface area contributed by atoms with Crippen LogP contribution in [0.3, 0.4) is 0 Å². The lowest BCUT2D eigenvalue weighted by Gasteiger charge is -2.19. The highest BCUT2D eigenvalue weighted by Crippen LogP contribution is 2.26. The molecule has 19 heavy (non-hydrogen) atoms. The molecule has 0 aliphatic carbocycles. The van der Waals surface area contributed by atoms with Crippen LogP contribution in [0, 0.1) is 5.41 Å². The van der Waals surface area contributed by atoms with E-state index in [1.54, 1.807) is 18.2 Å². The van der Waals surface area contributed by atoms with Crippen molar-refractivity contribution < 1.29 is 24.2 Å². The summed E-state index contributed by atoms with van der Waals surface area (Å²) >= 11 is 0. The number of rotatable bonds is 5. The Labute approximate surface area is 111 Å². The first kappa shape index (κ1) is 14.8. The highest BCUT2D eigenvalue weighted by molar-refractivity contribution is 5.98. The third kappa shape index (κ3) is 3.37. The molecule has 0 radical (unpaired) electrons. The minimum Gasteiger partial charge on any atom is -0.496 e. The molecule has 0 heterocycles. The lowest BCUT2D eigenvalue weighted by Crippen LogP contribution is -2.30. The largest absolute Gasteiger partial charge is 0.496 e. The Hall–Kier alpha value is -2.24. The molecule has 1 aromatic carbocycles. The van der Waals surface area contributed by atoms with E-state index in [9.17, 15) is 9.59 Å². The van der Waals surface area contributed by atoms with Crippen LogP contribution in [0.15, 0.2) is 18.2 Å². The molecule has 1 rings (SSSR count). The maximum Gasteiger partial charge on any atom is 0.344 e. The van der Waals surface area contributed by atoms with Crippen molar-refractivity contribution in [3.63, 3.8) is 0 Å². The molecule has 0 aliphatic heterocycles. The number of anilines is 1. The number of carboxylic acid groups (broad SMARTS) is 1. The van der Waals surface area contributed by atoms with Gasteiger partial charge >= 0.3 is 11.9 Å². The van der Waals surface area contributed by atoms with Crippen molar-refractivity contribution in [2.75, 3.05) is 19.5 Å². The van der Waals surface area contributed by atoms with Crippen molar-refractivity contribution in [1.29, 1.82) is 0 Å². The molecule has 0 saturated carbocycles. The molecular weight excluding hydrogens is 250 g/mol. The summed E-state index contributed by atoms with van der Waals surface area (Å²) in [4.78, 5) is 22.9. The van der Waals surface area contributed by atoms with Crippen molar-refractivity contribution in [2.45, 2.75) is 13.8 Å². The third-order valence-electron chi connectivity index (χ3n) is 2.63. The number of carbonyl (C=O) groups is 2. The van der Waals surface area contributed by atoms with Gasteiger partial charge in [0, 0.05) is 5.69 Å². The molecule has 0 unspecified atom stereocenters. The fraction of sp³-hybridized carbons (Fsp3) is 0.385. The van der Waals surface area contributed by atoms with E-state index >= 15 is 0 Å². The average Bonchev–Trinajstić information content (AvgIpc) is 2.35. The summed E-state index contributed by atoms with van der Waals surface area (Å²) in [6.07, 6.45) is 0. The van der Waals surface area contributed by atoms with Gasteiger partial charge in [0.2, 0.25) is 0 Å². The van der Waals surface area contributed by atoms with Crippen LogP contribution in [0.2, 0.25) is 0 Å². The molecule has 0 spiro atoms. The smallest absolute Gasteiger partial charge is 0.344 e. The Bertz CT molecular complexity index is 496. The third-order valence-corrected chi connectivity index (χ3v) is 2.63. The van der Waals surface area contributed by atoms with Crippen molar-refractivity contribution in [2.24, 2.45) is 5.41 Å². The summed E-state index contributed by atoms with van der Waals surface area (Å²) in [5.41, 5.74) is 4.86. The molecule has 0 bridgehead atoms. The van der Waals surface area contributed by atoms with E-state index < -0.39 is 17.4 Å². The topological polar surface area (TPSA) is 98.9 Å². The van der Waals surface area contributed by atoms with Crippen molar-refractivity contribution in [3.05, 3.63) is 23.8 Å². The number of carboxylic acids is 1. The molecule has 0 saturated heterocycles. The number of methoxy groups -OCH3 is 1. The quantitative estimate of drug-likeness (QED) is 0.620. The van der Waals surface area contributed by atoms with Crippen LogP contribution in [-0.2, 0) is 9.53 Å². The van der Waals surface area contributed by atoms with Gasteiger partial charge < -0.3 is 20.3 Å². The summed E-state index contributed by atoms with van der Waals surface area (Å²) in [5, 5.41) is 8.94. The van der Waals surface area contributed by atoms with Crippen LogP contribution in [0.1, 0.15) is 24.2 Å². The van der Waals surface area contributed by atoms with Crippen LogP contribution >= 0.6 is 0 Å². The number of hydrogen-bond donors (Lipinski definition) is 2. The predicted octanol–water partition coefficient (Wildman–Crippen LogP) is 1.54. The number of esters is 1. The molecule has 3 N–H and O–H groups in total. The summed E-state index contributed by atoms with van der Waals surface area (Å²) < 4.78 is 10.0. The summed E-state index contributed by atoms with van der Waals surface area (Å²) in [7, 11) is 1.41. The van der Waals surface area contributed by atoms with Crippen LogP contribution in [0.25, 0.3) is 0 Å². The van der Waals surface area contributed by atoms with Gasteiger partial charge in [0.15, 0.2) is 0 Å². The van der Waals surface area contributed by atoms with Crippen molar-refractivity contribution >= 4 is 17.6 Å². The zero-order valence-electron chi connectivity index (χ0n) is 11.1. The molecule has 0 aromatic heterocycles. The first-order chi connectivity index (χ1) is 8.79. The lowest BCUT2D eigenvalue weighted by molar-refractivity contribution is -0.149. The highest BCUT2D eigenvalue weighted by Gasteiger charge is 2.30. The monoisotopic (exact) mass is 267 g/mol. The van der Waals surface area contributed by atoms with Gasteiger partial charge in [-0.15, -0.1) is 0 Å². The molecule has 0 aliphatic rings. The van der Waals surface area contributed by atoms with Gasteiger partial charge in [-0.1, -0.05) is 6.07 Å². The molecule has 0 amide bonds. The number of carbonyl (C=O) groups excluding carboxylic acids is 1. The second kappa shape index (κ2) is 5.60. The Morgan fingerprint density at radius 1 is 1.37 bits per heavy atom. The van der Waals surface area contributed by atoms with Crippen LogP contribution < -0.4 is 10.5 Å². The Morgan fingerprint density at radius 3 is 2.53 bits per heavy atom. The molecule has 0 atom stereocenters. The second-order valence-electron chi connectivity index (χ2n) is 4.69. The SMILES string of the molecule is COc1cccc(N)c1C(=O)OCC(C)(C)C(=O)O. The first-order valence-electron chi connectivity index (χ1n) is 5.62. The molecule has 1 aromatic rings. The van der Waals surface area contributed by atoms with Gasteiger partial charge in [0.25, 0.3) is 0 Å². The Kier molecular flexibility index (Phi) is 4.37. The van der Waals surface area contributed by atoms with Crippen LogP contribution in [-0.4, -0.2) is 30.8 Å². The van der Waals surface area contributed by atoms with Gasteiger partial charge in [-0.3, -0.25) is 4.79 Å². The first-order valence-corrected chi connectivity index (χ1v) is 5.62. The fourth-order valence-electron chi connectivity index (χ4n) is 1.32. The van der Waals surface area contributed by atoms with E-state index in [1.807, 2.05) is 0 Å². The Balaban J connectivity index is 2.88. The number of aliphatic carboxylic acids is 1. The van der Waals surface area contributed by atoms with E-state index in [2.05, 4.69) is 0 Å². The van der Waals surface area contributed by atoms with E-state index in [-0.39, 0.29) is 23.6 Å². The fourth-order valence-corrected chi connectivity index (χ4v) is 1.32. The summed E-state index contributed by atoms with van der Waals surface area (Å²) in [6, 6.07) is 4.77. The van der Waals surface area contributed by atoms with Gasteiger partial charge in [0.05, 0.1) is 12.5 Å². The summed E-state index contributed by atoms with van der Waals surface area (Å²) in [6.45, 7) is 2.68. The van der Waals surface area contributed by atoms with E-state index in [4.69, 9.17) is 20.3 Å². The minimum absolute atomic E-state index is 0.103. The molecule has 104 valence electrons. The molecule has 6 nitrogen and oxygen atoms in total. The van der Waals surface area contributed by atoms with Crippen LogP contribution in [0.4, 0.5) is 5.69 Å². The minimum atomic E-state index is -1.16. The lowest BCUT2D eigenvalue weighted by atomic mass is 9.95. The van der Waals surface area contributed by atoms with E-state index in [0.717, 1.165) is 0 Å². The number of nitrogens with two attached hydrogens (primary N) is 1. The van der Waals surface area contributed by atoms with Crippen LogP contribution in [0.5, 0.6) is 5.75 Å². The number of hydrogen-bond acceptors (Lipinski definition) is 5. The maximum absolute atomic E-state index is 11.9. The number of nitrogen functional groups attached to an aromatic ring is 1. The summed E-state index contributed by atoms with van der Waals surface area (Å²) in [5.74, 6) is -1.46. The maximum atomic E-state index is 11.9. The normalized spacial score (nSPS) is 10.9. The predicted molar refractivity (Wildman–Crippen MR) is 69.1 cm³/mol. The zero-order chi connectivity index (χ0) is 14.6. The van der Waals surface area contributed by atoms with Gasteiger partial charge in [-0.05, 0) is 26.0 Å². The molecule has 6 heteroatoms. The van der Waals surface area contributed by atoms with Crippen molar-refractivity contribution in [1.82, 2.24) is 0 Å². The highest BCUT2D eigenvalue weighted by atomic mass is 16.5. The second-order valence-corrected chi connectivity index (χ2v) is 4.69. The molecule has 0 fully saturated rings. The average molecular weight is 267 g/mol. The molecular formula is C13H17NO5. The van der Waals surface area contributed by atoms with E-state index in [1.165, 1.54) is 21.0 Å². The Morgan fingerprint density at radius 2 is 2.00 bits per heavy atom. The number of benzene rings is 1. The van der Waals surface area contributed by atoms with E-state index in [0.29, 0.717) is 0 Å². The number of ether oxygens (including phenoxy) is 2.